The maximum Gasteiger partial charge on any atom is 0.337 e. The maximum absolute atomic E-state index is 12.4. The molecule has 0 radical (unpaired) electrons. The van der Waals surface area contributed by atoms with E-state index in [0.717, 1.165) is 17.5 Å². The third kappa shape index (κ3) is 7.06. The number of esters is 1. The fourth-order valence-corrected chi connectivity index (χ4v) is 3.81. The summed E-state index contributed by atoms with van der Waals surface area (Å²) >= 11 is 0. The molecule has 0 bridgehead atoms. The van der Waals surface area contributed by atoms with Crippen molar-refractivity contribution >= 4 is 11.9 Å². The Morgan fingerprint density at radius 2 is 1.94 bits per heavy atom. The zero-order valence-electron chi connectivity index (χ0n) is 19.2. The largest absolute Gasteiger partial charge is 0.465 e. The van der Waals surface area contributed by atoms with Crippen LogP contribution in [-0.2, 0) is 16.0 Å². The van der Waals surface area contributed by atoms with E-state index in [9.17, 15) is 14.7 Å². The topological polar surface area (TPSA) is 66.8 Å². The Bertz CT molecular complexity index is 1020. The van der Waals surface area contributed by atoms with Gasteiger partial charge in [0.05, 0.1) is 24.8 Å². The number of aliphatic hydroxyl groups is 1. The molecule has 1 N–H and O–H groups in total. The predicted octanol–water partition coefficient (Wildman–Crippen LogP) is 4.00. The van der Waals surface area contributed by atoms with E-state index in [4.69, 9.17) is 4.74 Å². The van der Waals surface area contributed by atoms with Crippen LogP contribution in [0.4, 0.5) is 0 Å². The lowest BCUT2D eigenvalue weighted by Gasteiger charge is -2.23. The van der Waals surface area contributed by atoms with E-state index in [2.05, 4.69) is 11.8 Å². The molecule has 33 heavy (non-hydrogen) atoms. The number of carbonyl (C=O) groups excluding carboxylic acids is 2. The summed E-state index contributed by atoms with van der Waals surface area (Å²) in [6.07, 6.45) is 5.71. The number of likely N-dealkylation sites (tertiary alicyclic amines) is 1. The van der Waals surface area contributed by atoms with Crippen molar-refractivity contribution in [2.75, 3.05) is 13.7 Å². The lowest BCUT2D eigenvalue weighted by Crippen LogP contribution is -2.34. The Morgan fingerprint density at radius 1 is 1.21 bits per heavy atom. The van der Waals surface area contributed by atoms with E-state index in [1.54, 1.807) is 18.2 Å². The van der Waals surface area contributed by atoms with Gasteiger partial charge in [0.2, 0.25) is 5.91 Å². The van der Waals surface area contributed by atoms with E-state index in [1.165, 1.54) is 7.11 Å². The Morgan fingerprint density at radius 3 is 2.64 bits per heavy atom. The molecule has 0 aliphatic carbocycles. The monoisotopic (exact) mass is 445 g/mol. The second kappa shape index (κ2) is 12.0. The fraction of sp³-hybridized carbons (Fsp3) is 0.357. The summed E-state index contributed by atoms with van der Waals surface area (Å²) in [5, 5.41) is 10.5. The fourth-order valence-electron chi connectivity index (χ4n) is 3.81. The van der Waals surface area contributed by atoms with Crippen molar-refractivity contribution in [3.8, 4) is 11.8 Å². The first kappa shape index (κ1) is 24.3. The van der Waals surface area contributed by atoms with E-state index in [-0.39, 0.29) is 23.8 Å². The van der Waals surface area contributed by atoms with Crippen LogP contribution in [0.2, 0.25) is 0 Å². The summed E-state index contributed by atoms with van der Waals surface area (Å²) in [6, 6.07) is 17.0. The second-order valence-corrected chi connectivity index (χ2v) is 8.36. The Kier molecular flexibility index (Phi) is 8.86. The zero-order chi connectivity index (χ0) is 23.6. The van der Waals surface area contributed by atoms with Gasteiger partial charge in [0.25, 0.3) is 0 Å². The van der Waals surface area contributed by atoms with Crippen molar-refractivity contribution in [3.63, 3.8) is 0 Å². The number of amides is 1. The molecule has 0 saturated carbocycles. The van der Waals surface area contributed by atoms with Crippen molar-refractivity contribution in [1.29, 1.82) is 0 Å². The molecule has 1 fully saturated rings. The first-order valence-corrected chi connectivity index (χ1v) is 11.3. The van der Waals surface area contributed by atoms with Crippen LogP contribution < -0.4 is 0 Å². The van der Waals surface area contributed by atoms with Gasteiger partial charge in [0, 0.05) is 24.9 Å². The lowest BCUT2D eigenvalue weighted by atomic mass is 9.99. The zero-order valence-corrected chi connectivity index (χ0v) is 19.2. The first-order chi connectivity index (χ1) is 16.0. The number of aliphatic hydroxyl groups excluding tert-OH is 1. The highest BCUT2D eigenvalue weighted by molar-refractivity contribution is 5.89. The van der Waals surface area contributed by atoms with Gasteiger partial charge in [0.15, 0.2) is 0 Å². The van der Waals surface area contributed by atoms with Crippen LogP contribution in [0, 0.1) is 17.8 Å². The molecule has 0 aromatic heterocycles. The van der Waals surface area contributed by atoms with Crippen molar-refractivity contribution in [2.24, 2.45) is 5.92 Å². The smallest absolute Gasteiger partial charge is 0.337 e. The van der Waals surface area contributed by atoms with Gasteiger partial charge in [-0.3, -0.25) is 4.79 Å². The summed E-state index contributed by atoms with van der Waals surface area (Å²) < 4.78 is 4.72. The molecule has 2 aromatic carbocycles. The van der Waals surface area contributed by atoms with Crippen molar-refractivity contribution in [3.05, 3.63) is 83.4 Å². The number of ether oxygens (including phenoxy) is 1. The third-order valence-electron chi connectivity index (χ3n) is 5.94. The van der Waals surface area contributed by atoms with E-state index >= 15 is 0 Å². The molecule has 1 aliphatic rings. The Balaban J connectivity index is 1.52. The lowest BCUT2D eigenvalue weighted by molar-refractivity contribution is -0.128. The van der Waals surface area contributed by atoms with E-state index < -0.39 is 6.10 Å². The van der Waals surface area contributed by atoms with Gasteiger partial charge >= 0.3 is 5.97 Å². The number of benzene rings is 2. The number of hydrogen-bond donors (Lipinski definition) is 1. The van der Waals surface area contributed by atoms with Crippen molar-refractivity contribution in [1.82, 2.24) is 4.90 Å². The van der Waals surface area contributed by atoms with Gasteiger partial charge < -0.3 is 14.7 Å². The Labute approximate surface area is 196 Å². The number of hydrogen-bond acceptors (Lipinski definition) is 4. The molecule has 1 heterocycles. The van der Waals surface area contributed by atoms with Gasteiger partial charge in [0.1, 0.15) is 0 Å². The molecule has 3 rings (SSSR count). The standard InChI is InChI=1S/C28H31NO4/c1-21(7-6-10-22-8-4-3-5-9-22)26(30)17-15-25-16-18-27(31)29(25)20-19-23-11-13-24(14-12-23)28(32)33-2/h3-5,8-9,11-15,17,21,25-26,30H,7,16,18-20H2,1-2H3/t21-,25-,26+/m0/s1. The van der Waals surface area contributed by atoms with Crippen LogP contribution in [0.1, 0.15) is 47.7 Å². The number of nitrogens with zero attached hydrogens (tertiary/aromatic N) is 1. The van der Waals surface area contributed by atoms with E-state index in [0.29, 0.717) is 31.4 Å². The molecule has 3 atom stereocenters. The molecular formula is C28H31NO4. The maximum atomic E-state index is 12.4. The third-order valence-corrected chi connectivity index (χ3v) is 5.94. The van der Waals surface area contributed by atoms with E-state index in [1.807, 2.05) is 60.4 Å². The normalized spacial score (nSPS) is 17.5. The van der Waals surface area contributed by atoms with Crippen molar-refractivity contribution in [2.45, 2.75) is 44.8 Å². The summed E-state index contributed by atoms with van der Waals surface area (Å²) in [7, 11) is 1.36. The molecule has 0 unspecified atom stereocenters. The predicted molar refractivity (Wildman–Crippen MR) is 128 cm³/mol. The second-order valence-electron chi connectivity index (χ2n) is 8.36. The highest BCUT2D eigenvalue weighted by Crippen LogP contribution is 2.21. The van der Waals surface area contributed by atoms with Crippen LogP contribution in [0.25, 0.3) is 0 Å². The number of methoxy groups -OCH3 is 1. The highest BCUT2D eigenvalue weighted by atomic mass is 16.5. The van der Waals surface area contributed by atoms with Crippen LogP contribution in [0.5, 0.6) is 0 Å². The minimum atomic E-state index is -0.613. The molecule has 5 nitrogen and oxygen atoms in total. The van der Waals surface area contributed by atoms with Gasteiger partial charge in [-0.25, -0.2) is 4.79 Å². The molecule has 1 amide bonds. The molecule has 0 spiro atoms. The van der Waals surface area contributed by atoms with Gasteiger partial charge in [-0.2, -0.15) is 0 Å². The van der Waals surface area contributed by atoms with Crippen LogP contribution >= 0.6 is 0 Å². The summed E-state index contributed by atoms with van der Waals surface area (Å²) in [5.74, 6) is 6.03. The minimum absolute atomic E-state index is 0.00339. The van der Waals surface area contributed by atoms with Crippen LogP contribution in [-0.4, -0.2) is 47.7 Å². The average Bonchev–Trinajstić information content (AvgIpc) is 3.20. The molecular weight excluding hydrogens is 414 g/mol. The summed E-state index contributed by atoms with van der Waals surface area (Å²) in [6.45, 7) is 2.57. The molecule has 1 saturated heterocycles. The van der Waals surface area contributed by atoms with Gasteiger partial charge in [-0.15, -0.1) is 0 Å². The number of carbonyl (C=O) groups is 2. The molecule has 2 aromatic rings. The Hall–Kier alpha value is -3.36. The van der Waals surface area contributed by atoms with Crippen LogP contribution in [0.15, 0.2) is 66.7 Å². The molecule has 172 valence electrons. The summed E-state index contributed by atoms with van der Waals surface area (Å²) in [4.78, 5) is 25.8. The SMILES string of the molecule is COC(=O)c1ccc(CCN2C(=O)CC[C@@H]2C=C[C@@H](O)[C@@H](C)CC#Cc2ccccc2)cc1. The number of rotatable bonds is 8. The minimum Gasteiger partial charge on any atom is -0.465 e. The van der Waals surface area contributed by atoms with Gasteiger partial charge in [-0.05, 0) is 48.6 Å². The highest BCUT2D eigenvalue weighted by Gasteiger charge is 2.28. The van der Waals surface area contributed by atoms with Crippen molar-refractivity contribution < 1.29 is 19.4 Å². The summed E-state index contributed by atoms with van der Waals surface area (Å²) in [5.41, 5.74) is 2.53. The first-order valence-electron chi connectivity index (χ1n) is 11.3. The molecule has 5 heteroatoms. The average molecular weight is 446 g/mol. The van der Waals surface area contributed by atoms with Gasteiger partial charge in [-0.1, -0.05) is 61.2 Å². The van der Waals surface area contributed by atoms with Crippen LogP contribution in [0.3, 0.4) is 0 Å². The quantitative estimate of drug-likeness (QED) is 0.379. The molecule has 1 aliphatic heterocycles.